The maximum absolute atomic E-state index is 12.1. The van der Waals surface area contributed by atoms with Crippen molar-refractivity contribution in [3.05, 3.63) is 34.3 Å². The summed E-state index contributed by atoms with van der Waals surface area (Å²) in [5, 5.41) is 26.4. The van der Waals surface area contributed by atoms with Gasteiger partial charge in [-0.2, -0.15) is 0 Å². The molecule has 0 radical (unpaired) electrons. The molecule has 0 unspecified atom stereocenters. The van der Waals surface area contributed by atoms with Gasteiger partial charge in [0.05, 0.1) is 18.3 Å². The largest absolute Gasteiger partial charge is 0.388 e. The van der Waals surface area contributed by atoms with Crippen LogP contribution in [0.5, 0.6) is 0 Å². The predicted molar refractivity (Wildman–Crippen MR) is 87.4 cm³/mol. The van der Waals surface area contributed by atoms with Gasteiger partial charge in [-0.15, -0.1) is 16.4 Å². The molecule has 3 rings (SSSR count). The average Bonchev–Trinajstić information content (AvgIpc) is 3.19. The summed E-state index contributed by atoms with van der Waals surface area (Å²) in [5.41, 5.74) is -0.486. The van der Waals surface area contributed by atoms with E-state index >= 15 is 0 Å². The Kier molecular flexibility index (Phi) is 5.04. The first kappa shape index (κ1) is 16.1. The summed E-state index contributed by atoms with van der Waals surface area (Å²) in [6, 6.07) is 4.05. The predicted octanol–water partition coefficient (Wildman–Crippen LogP) is 0.427. The van der Waals surface area contributed by atoms with Gasteiger partial charge in [-0.05, 0) is 43.8 Å². The second-order valence-electron chi connectivity index (χ2n) is 5.86. The van der Waals surface area contributed by atoms with Crippen LogP contribution in [0.2, 0.25) is 0 Å². The normalized spacial score (nSPS) is 17.1. The topological polar surface area (TPSA) is 92.1 Å². The highest BCUT2D eigenvalue weighted by atomic mass is 32.1. The van der Waals surface area contributed by atoms with E-state index in [1.54, 1.807) is 22.2 Å². The monoisotopic (exact) mass is 335 g/mol. The second kappa shape index (κ2) is 7.20. The van der Waals surface area contributed by atoms with Gasteiger partial charge < -0.3 is 15.7 Å². The van der Waals surface area contributed by atoms with Crippen LogP contribution in [0, 0.1) is 0 Å². The highest BCUT2D eigenvalue weighted by molar-refractivity contribution is 7.09. The number of amides is 1. The number of piperidine rings is 1. The van der Waals surface area contributed by atoms with E-state index in [9.17, 15) is 9.90 Å². The zero-order valence-electron chi connectivity index (χ0n) is 12.9. The lowest BCUT2D eigenvalue weighted by Gasteiger charge is -2.32. The molecule has 0 saturated carbocycles. The molecule has 1 aliphatic rings. The Morgan fingerprint density at radius 2 is 2.30 bits per heavy atom. The van der Waals surface area contributed by atoms with Crippen molar-refractivity contribution in [2.45, 2.75) is 31.4 Å². The van der Waals surface area contributed by atoms with Crippen LogP contribution in [0.4, 0.5) is 0 Å². The molecule has 0 aliphatic carbocycles. The number of carbonyl (C=O) groups is 1. The summed E-state index contributed by atoms with van der Waals surface area (Å²) < 4.78 is 1.56. The third-order valence-corrected chi connectivity index (χ3v) is 4.94. The fraction of sp³-hybridized carbons (Fsp3) is 0.533. The molecule has 124 valence electrons. The van der Waals surface area contributed by atoms with Crippen molar-refractivity contribution in [3.8, 4) is 0 Å². The van der Waals surface area contributed by atoms with Crippen LogP contribution in [0.1, 0.15) is 28.2 Å². The lowest BCUT2D eigenvalue weighted by atomic mass is 9.92. The molecule has 0 spiro atoms. The van der Waals surface area contributed by atoms with Gasteiger partial charge in [-0.25, -0.2) is 4.68 Å². The smallest absolute Gasteiger partial charge is 0.273 e. The molecule has 0 bridgehead atoms. The fourth-order valence-electron chi connectivity index (χ4n) is 2.68. The van der Waals surface area contributed by atoms with Crippen LogP contribution < -0.4 is 10.6 Å². The Morgan fingerprint density at radius 3 is 3.04 bits per heavy atom. The van der Waals surface area contributed by atoms with Gasteiger partial charge in [-0.3, -0.25) is 4.79 Å². The molecule has 2 aromatic rings. The van der Waals surface area contributed by atoms with E-state index in [4.69, 9.17) is 0 Å². The number of hydrogen-bond donors (Lipinski definition) is 3. The van der Waals surface area contributed by atoms with Gasteiger partial charge in [0.2, 0.25) is 0 Å². The van der Waals surface area contributed by atoms with Crippen LogP contribution in [0.3, 0.4) is 0 Å². The lowest BCUT2D eigenvalue weighted by molar-refractivity contribution is -0.00866. The molecular formula is C15H21N5O2S. The highest BCUT2D eigenvalue weighted by Gasteiger charge is 2.30. The van der Waals surface area contributed by atoms with Crippen molar-refractivity contribution in [2.75, 3.05) is 19.6 Å². The maximum atomic E-state index is 12.1. The van der Waals surface area contributed by atoms with E-state index in [2.05, 4.69) is 20.9 Å². The van der Waals surface area contributed by atoms with Crippen LogP contribution >= 0.6 is 11.3 Å². The molecule has 7 nitrogen and oxygen atoms in total. The number of nitrogens with one attached hydrogen (secondary N) is 2. The molecular weight excluding hydrogens is 314 g/mol. The molecule has 1 aliphatic heterocycles. The Labute approximate surface area is 138 Å². The number of carbonyl (C=O) groups excluding carboxylic acids is 1. The SMILES string of the molecule is O=C(NCCc1cccs1)c1cn(CC2(O)CCNCC2)nn1. The Hall–Kier alpha value is -1.77. The zero-order valence-corrected chi connectivity index (χ0v) is 13.7. The average molecular weight is 335 g/mol. The van der Waals surface area contributed by atoms with E-state index < -0.39 is 5.60 Å². The zero-order chi connectivity index (χ0) is 16.1. The molecule has 1 fully saturated rings. The van der Waals surface area contributed by atoms with Gasteiger partial charge in [0, 0.05) is 11.4 Å². The van der Waals surface area contributed by atoms with Crippen molar-refractivity contribution in [2.24, 2.45) is 0 Å². The number of rotatable bonds is 6. The van der Waals surface area contributed by atoms with Gasteiger partial charge in [0.25, 0.3) is 5.91 Å². The quantitative estimate of drug-likeness (QED) is 0.712. The third-order valence-electron chi connectivity index (χ3n) is 4.00. The van der Waals surface area contributed by atoms with Crippen LogP contribution in [0.15, 0.2) is 23.7 Å². The summed E-state index contributed by atoms with van der Waals surface area (Å²) in [4.78, 5) is 13.3. The summed E-state index contributed by atoms with van der Waals surface area (Å²) in [7, 11) is 0. The number of nitrogens with zero attached hydrogens (tertiary/aromatic N) is 3. The van der Waals surface area contributed by atoms with Crippen LogP contribution in [0.25, 0.3) is 0 Å². The summed E-state index contributed by atoms with van der Waals surface area (Å²) >= 11 is 1.68. The molecule has 1 saturated heterocycles. The molecule has 1 amide bonds. The van der Waals surface area contributed by atoms with Crippen molar-refractivity contribution >= 4 is 17.2 Å². The third kappa shape index (κ3) is 4.37. The second-order valence-corrected chi connectivity index (χ2v) is 6.89. The van der Waals surface area contributed by atoms with E-state index in [0.29, 0.717) is 25.9 Å². The fourth-order valence-corrected chi connectivity index (χ4v) is 3.39. The van der Waals surface area contributed by atoms with Crippen LogP contribution in [-0.2, 0) is 13.0 Å². The lowest BCUT2D eigenvalue weighted by Crippen LogP contribution is -2.44. The van der Waals surface area contributed by atoms with Crippen molar-refractivity contribution in [1.29, 1.82) is 0 Å². The van der Waals surface area contributed by atoms with E-state index in [-0.39, 0.29) is 11.6 Å². The molecule has 0 aromatic carbocycles. The van der Waals surface area contributed by atoms with Crippen molar-refractivity contribution in [1.82, 2.24) is 25.6 Å². The first-order chi connectivity index (χ1) is 11.1. The van der Waals surface area contributed by atoms with Crippen molar-refractivity contribution in [3.63, 3.8) is 0 Å². The van der Waals surface area contributed by atoms with Gasteiger partial charge in [-0.1, -0.05) is 11.3 Å². The minimum absolute atomic E-state index is 0.231. The summed E-state index contributed by atoms with van der Waals surface area (Å²) in [5.74, 6) is -0.231. The summed E-state index contributed by atoms with van der Waals surface area (Å²) in [6.07, 6.45) is 3.76. The standard InChI is InChI=1S/C15H21N5O2S/c21-14(17-6-3-12-2-1-9-23-12)13-10-20(19-18-13)11-15(22)4-7-16-8-5-15/h1-2,9-10,16,22H,3-8,11H2,(H,17,21). The van der Waals surface area contributed by atoms with Crippen LogP contribution in [-0.4, -0.2) is 51.2 Å². The number of hydrogen-bond acceptors (Lipinski definition) is 6. The first-order valence-electron chi connectivity index (χ1n) is 7.78. The first-order valence-corrected chi connectivity index (χ1v) is 8.66. The summed E-state index contributed by atoms with van der Waals surface area (Å²) in [6.45, 7) is 2.52. The minimum atomic E-state index is -0.772. The maximum Gasteiger partial charge on any atom is 0.273 e. The molecule has 3 N–H and O–H groups in total. The minimum Gasteiger partial charge on any atom is -0.388 e. The van der Waals surface area contributed by atoms with Gasteiger partial charge in [0.1, 0.15) is 0 Å². The van der Waals surface area contributed by atoms with E-state index in [0.717, 1.165) is 19.5 Å². The highest BCUT2D eigenvalue weighted by Crippen LogP contribution is 2.19. The Morgan fingerprint density at radius 1 is 1.48 bits per heavy atom. The number of aromatic nitrogens is 3. The molecule has 0 atom stereocenters. The molecule has 3 heterocycles. The van der Waals surface area contributed by atoms with Gasteiger partial charge >= 0.3 is 0 Å². The molecule has 2 aromatic heterocycles. The Bertz CT molecular complexity index is 634. The van der Waals surface area contributed by atoms with E-state index in [1.807, 2.05) is 17.5 Å². The number of aliphatic hydroxyl groups is 1. The van der Waals surface area contributed by atoms with E-state index in [1.165, 1.54) is 4.88 Å². The Balaban J connectivity index is 1.50. The molecule has 8 heteroatoms. The van der Waals surface area contributed by atoms with Crippen molar-refractivity contribution < 1.29 is 9.90 Å². The van der Waals surface area contributed by atoms with Gasteiger partial charge in [0.15, 0.2) is 5.69 Å². The molecule has 23 heavy (non-hydrogen) atoms. The number of thiophene rings is 1.